The first-order valence-corrected chi connectivity index (χ1v) is 7.70. The number of anilines is 1. The van der Waals surface area contributed by atoms with Crippen molar-refractivity contribution in [2.45, 2.75) is 20.4 Å². The van der Waals surface area contributed by atoms with Crippen LogP contribution in [0.1, 0.15) is 16.8 Å². The number of aryl methyl sites for hydroxylation is 2. The number of hydrogen-bond donors (Lipinski definition) is 1. The number of rotatable bonds is 3. The van der Waals surface area contributed by atoms with Crippen molar-refractivity contribution in [3.63, 3.8) is 0 Å². The summed E-state index contributed by atoms with van der Waals surface area (Å²) in [6.45, 7) is 4.59. The molecule has 21 heavy (non-hydrogen) atoms. The Morgan fingerprint density at radius 3 is 2.90 bits per heavy atom. The van der Waals surface area contributed by atoms with Gasteiger partial charge in [-0.05, 0) is 47.5 Å². The fraction of sp³-hybridized carbons (Fsp3) is 0.200. The number of halogens is 2. The third-order valence-electron chi connectivity index (χ3n) is 3.22. The first-order chi connectivity index (χ1) is 10.0. The second kappa shape index (κ2) is 5.66. The molecule has 2 aromatic heterocycles. The average Bonchev–Trinajstić information content (AvgIpc) is 2.80. The fourth-order valence-electron chi connectivity index (χ4n) is 2.10. The van der Waals surface area contributed by atoms with Gasteiger partial charge in [-0.1, -0.05) is 11.6 Å². The standard InChI is InChI=1S/C15H14BrClN4/c1-9-3-12(16)14(5-13(9)17)18-6-11-7-19-15-4-10(2)20-21(15)8-11/h3-5,7-8,18H,6H2,1-2H3. The molecule has 0 spiro atoms. The van der Waals surface area contributed by atoms with E-state index in [2.05, 4.69) is 31.3 Å². The highest BCUT2D eigenvalue weighted by Crippen LogP contribution is 2.29. The molecule has 0 radical (unpaired) electrons. The Morgan fingerprint density at radius 2 is 2.10 bits per heavy atom. The van der Waals surface area contributed by atoms with Gasteiger partial charge < -0.3 is 5.32 Å². The first kappa shape index (κ1) is 14.4. The van der Waals surface area contributed by atoms with Crippen molar-refractivity contribution < 1.29 is 0 Å². The zero-order valence-electron chi connectivity index (χ0n) is 11.7. The van der Waals surface area contributed by atoms with E-state index >= 15 is 0 Å². The number of nitrogens with zero attached hydrogens (tertiary/aromatic N) is 3. The molecule has 1 N–H and O–H groups in total. The van der Waals surface area contributed by atoms with Crippen molar-refractivity contribution in [1.29, 1.82) is 0 Å². The maximum Gasteiger partial charge on any atom is 0.155 e. The van der Waals surface area contributed by atoms with Gasteiger partial charge in [0.05, 0.1) is 11.4 Å². The van der Waals surface area contributed by atoms with E-state index in [1.807, 2.05) is 44.4 Å². The van der Waals surface area contributed by atoms with Crippen LogP contribution in [0.25, 0.3) is 5.65 Å². The van der Waals surface area contributed by atoms with E-state index in [4.69, 9.17) is 11.6 Å². The molecule has 3 rings (SSSR count). The Labute approximate surface area is 136 Å². The zero-order valence-corrected chi connectivity index (χ0v) is 14.0. The number of benzene rings is 1. The number of hydrogen-bond acceptors (Lipinski definition) is 3. The Balaban J connectivity index is 1.81. The van der Waals surface area contributed by atoms with Gasteiger partial charge in [-0.25, -0.2) is 9.50 Å². The summed E-state index contributed by atoms with van der Waals surface area (Å²) in [4.78, 5) is 4.39. The number of nitrogens with one attached hydrogen (secondary N) is 1. The van der Waals surface area contributed by atoms with Crippen molar-refractivity contribution in [3.05, 3.63) is 56.9 Å². The Hall–Kier alpha value is -1.59. The van der Waals surface area contributed by atoms with Crippen LogP contribution in [0.2, 0.25) is 5.02 Å². The summed E-state index contributed by atoms with van der Waals surface area (Å²) < 4.78 is 2.79. The van der Waals surface area contributed by atoms with Crippen LogP contribution < -0.4 is 5.32 Å². The van der Waals surface area contributed by atoms with Crippen LogP contribution in [0, 0.1) is 13.8 Å². The minimum Gasteiger partial charge on any atom is -0.380 e. The summed E-state index contributed by atoms with van der Waals surface area (Å²) in [5, 5.41) is 8.47. The Bertz CT molecular complexity index is 813. The molecule has 0 aliphatic heterocycles. The van der Waals surface area contributed by atoms with Gasteiger partial charge in [-0.15, -0.1) is 0 Å². The van der Waals surface area contributed by atoms with Crippen molar-refractivity contribution in [2.75, 3.05) is 5.32 Å². The quantitative estimate of drug-likeness (QED) is 0.749. The van der Waals surface area contributed by atoms with Crippen molar-refractivity contribution in [3.8, 4) is 0 Å². The van der Waals surface area contributed by atoms with Gasteiger partial charge in [0.1, 0.15) is 0 Å². The van der Waals surface area contributed by atoms with E-state index in [1.165, 1.54) is 0 Å². The van der Waals surface area contributed by atoms with Gasteiger partial charge in [0.2, 0.25) is 0 Å². The SMILES string of the molecule is Cc1cc2ncc(CNc3cc(Cl)c(C)cc3Br)cn2n1. The lowest BCUT2D eigenvalue weighted by Crippen LogP contribution is -2.03. The molecule has 0 atom stereocenters. The molecule has 4 nitrogen and oxygen atoms in total. The predicted molar refractivity (Wildman–Crippen MR) is 88.9 cm³/mol. The largest absolute Gasteiger partial charge is 0.380 e. The van der Waals surface area contributed by atoms with E-state index in [9.17, 15) is 0 Å². The molecule has 0 saturated carbocycles. The van der Waals surface area contributed by atoms with Gasteiger partial charge in [0.15, 0.2) is 5.65 Å². The molecule has 0 bridgehead atoms. The van der Waals surface area contributed by atoms with E-state index < -0.39 is 0 Å². The maximum atomic E-state index is 6.16. The van der Waals surface area contributed by atoms with E-state index in [-0.39, 0.29) is 0 Å². The molecular weight excluding hydrogens is 352 g/mol. The molecule has 108 valence electrons. The highest BCUT2D eigenvalue weighted by Gasteiger charge is 2.05. The molecule has 2 heterocycles. The van der Waals surface area contributed by atoms with Crippen LogP contribution in [0.5, 0.6) is 0 Å². The molecule has 0 aliphatic carbocycles. The lowest BCUT2D eigenvalue weighted by atomic mass is 10.2. The molecule has 3 aromatic rings. The first-order valence-electron chi connectivity index (χ1n) is 6.53. The molecule has 1 aromatic carbocycles. The summed E-state index contributed by atoms with van der Waals surface area (Å²) in [5.74, 6) is 0. The second-order valence-electron chi connectivity index (χ2n) is 4.99. The Kier molecular flexibility index (Phi) is 3.87. The van der Waals surface area contributed by atoms with E-state index in [0.29, 0.717) is 6.54 Å². The normalized spacial score (nSPS) is 11.0. The third-order valence-corrected chi connectivity index (χ3v) is 4.28. The van der Waals surface area contributed by atoms with Gasteiger partial charge in [-0.3, -0.25) is 0 Å². The van der Waals surface area contributed by atoms with E-state index in [1.54, 1.807) is 4.52 Å². The van der Waals surface area contributed by atoms with Gasteiger partial charge in [0, 0.05) is 40.1 Å². The van der Waals surface area contributed by atoms with Crippen LogP contribution in [0.3, 0.4) is 0 Å². The fourth-order valence-corrected chi connectivity index (χ4v) is 2.87. The van der Waals surface area contributed by atoms with Gasteiger partial charge in [0.25, 0.3) is 0 Å². The third kappa shape index (κ3) is 3.04. The number of aromatic nitrogens is 3. The summed E-state index contributed by atoms with van der Waals surface area (Å²) in [6, 6.07) is 5.88. The maximum absolute atomic E-state index is 6.16. The summed E-state index contributed by atoms with van der Waals surface area (Å²) in [6.07, 6.45) is 3.83. The van der Waals surface area contributed by atoms with Crippen LogP contribution in [-0.4, -0.2) is 14.6 Å². The number of fused-ring (bicyclic) bond motifs is 1. The van der Waals surface area contributed by atoms with Gasteiger partial charge in [-0.2, -0.15) is 5.10 Å². The lowest BCUT2D eigenvalue weighted by molar-refractivity contribution is 0.895. The smallest absolute Gasteiger partial charge is 0.155 e. The minimum atomic E-state index is 0.653. The summed E-state index contributed by atoms with van der Waals surface area (Å²) in [7, 11) is 0. The highest BCUT2D eigenvalue weighted by atomic mass is 79.9. The molecule has 0 unspecified atom stereocenters. The lowest BCUT2D eigenvalue weighted by Gasteiger charge is -2.10. The second-order valence-corrected chi connectivity index (χ2v) is 6.25. The summed E-state index contributed by atoms with van der Waals surface area (Å²) >= 11 is 9.70. The molecule has 0 aliphatic rings. The summed E-state index contributed by atoms with van der Waals surface area (Å²) in [5.41, 5.74) is 4.87. The van der Waals surface area contributed by atoms with Crippen molar-refractivity contribution in [2.24, 2.45) is 0 Å². The molecule has 0 amide bonds. The monoisotopic (exact) mass is 364 g/mol. The van der Waals surface area contributed by atoms with Crippen LogP contribution in [-0.2, 0) is 6.54 Å². The average molecular weight is 366 g/mol. The molecule has 6 heteroatoms. The van der Waals surface area contributed by atoms with Crippen molar-refractivity contribution >= 4 is 38.9 Å². The van der Waals surface area contributed by atoms with Crippen molar-refractivity contribution in [1.82, 2.24) is 14.6 Å². The Morgan fingerprint density at radius 1 is 1.29 bits per heavy atom. The topological polar surface area (TPSA) is 42.2 Å². The highest BCUT2D eigenvalue weighted by molar-refractivity contribution is 9.10. The van der Waals surface area contributed by atoms with Gasteiger partial charge >= 0.3 is 0 Å². The molecular formula is C15H14BrClN4. The van der Waals surface area contributed by atoms with Crippen LogP contribution in [0.4, 0.5) is 5.69 Å². The molecule has 0 saturated heterocycles. The van der Waals surface area contributed by atoms with Crippen LogP contribution in [0.15, 0.2) is 35.1 Å². The molecule has 0 fully saturated rings. The zero-order chi connectivity index (χ0) is 15.0. The van der Waals surface area contributed by atoms with E-state index in [0.717, 1.165) is 37.7 Å². The minimum absolute atomic E-state index is 0.653. The predicted octanol–water partition coefficient (Wildman–Crippen LogP) is 4.37. The van der Waals surface area contributed by atoms with Crippen LogP contribution >= 0.6 is 27.5 Å².